The molecule has 0 aliphatic carbocycles. The van der Waals surface area contributed by atoms with Crippen LogP contribution in [0.2, 0.25) is 0 Å². The zero-order valence-corrected chi connectivity index (χ0v) is 16.9. The largest absolute Gasteiger partial charge is 0.367 e. The van der Waals surface area contributed by atoms with Crippen molar-refractivity contribution in [3.63, 3.8) is 0 Å². The Morgan fingerprint density at radius 1 is 1.07 bits per heavy atom. The molecule has 0 atom stereocenters. The summed E-state index contributed by atoms with van der Waals surface area (Å²) in [5.41, 5.74) is 1.34. The van der Waals surface area contributed by atoms with Crippen LogP contribution in [0.25, 0.3) is 10.6 Å². The molecule has 0 unspecified atom stereocenters. The summed E-state index contributed by atoms with van der Waals surface area (Å²) in [4.78, 5) is 17.4. The Morgan fingerprint density at radius 3 is 2.63 bits per heavy atom. The average molecular weight is 421 g/mol. The summed E-state index contributed by atoms with van der Waals surface area (Å²) in [5.74, 6) is 2.19. The topological polar surface area (TPSA) is 118 Å². The van der Waals surface area contributed by atoms with E-state index in [-0.39, 0.29) is 11.6 Å². The van der Waals surface area contributed by atoms with E-state index in [1.165, 1.54) is 11.3 Å². The molecule has 0 saturated heterocycles. The molecule has 3 N–H and O–H groups in total. The number of carbonyl (C=O) groups is 1. The highest BCUT2D eigenvalue weighted by atomic mass is 32.1. The zero-order chi connectivity index (χ0) is 20.8. The lowest BCUT2D eigenvalue weighted by molar-refractivity contribution is 0.0946. The number of pyridine rings is 1. The van der Waals surface area contributed by atoms with Gasteiger partial charge in [0.15, 0.2) is 17.3 Å². The number of thiophene rings is 1. The van der Waals surface area contributed by atoms with Crippen molar-refractivity contribution in [3.05, 3.63) is 65.3 Å². The van der Waals surface area contributed by atoms with E-state index in [0.717, 1.165) is 10.4 Å². The molecule has 9 nitrogen and oxygen atoms in total. The van der Waals surface area contributed by atoms with Crippen LogP contribution in [-0.2, 0) is 0 Å². The molecule has 4 rings (SSSR count). The van der Waals surface area contributed by atoms with Crippen molar-refractivity contribution in [3.8, 4) is 10.6 Å². The van der Waals surface area contributed by atoms with Crippen LogP contribution in [0.3, 0.4) is 0 Å². The molecular formula is C20H19N7O2S. The second-order valence-corrected chi connectivity index (χ2v) is 7.33. The number of nitrogens with one attached hydrogen (secondary N) is 3. The lowest BCUT2D eigenvalue weighted by Crippen LogP contribution is -2.29. The first-order valence-electron chi connectivity index (χ1n) is 9.23. The Morgan fingerprint density at radius 2 is 1.90 bits per heavy atom. The normalized spacial score (nSPS) is 10.6. The monoisotopic (exact) mass is 421 g/mol. The number of carbonyl (C=O) groups excluding carboxylic acids is 1. The summed E-state index contributed by atoms with van der Waals surface area (Å²) in [7, 11) is 0. The number of anilines is 3. The Labute approximate surface area is 176 Å². The molecular weight excluding hydrogens is 402 g/mol. The lowest BCUT2D eigenvalue weighted by Gasteiger charge is -2.07. The van der Waals surface area contributed by atoms with Gasteiger partial charge in [0.2, 0.25) is 0 Å². The van der Waals surface area contributed by atoms with E-state index in [4.69, 9.17) is 4.52 Å². The van der Waals surface area contributed by atoms with E-state index in [9.17, 15) is 4.79 Å². The summed E-state index contributed by atoms with van der Waals surface area (Å²) >= 11 is 1.53. The van der Waals surface area contributed by atoms with Crippen LogP contribution < -0.4 is 16.0 Å². The summed E-state index contributed by atoms with van der Waals surface area (Å²) in [6.45, 7) is 2.87. The quantitative estimate of drug-likeness (QED) is 0.370. The maximum atomic E-state index is 12.2. The summed E-state index contributed by atoms with van der Waals surface area (Å²) in [6.07, 6.45) is 1.78. The van der Waals surface area contributed by atoms with Crippen molar-refractivity contribution >= 4 is 34.7 Å². The SMILES string of the molecule is Cc1ccc(Nc2ccc(NCCNC(=O)c3cc(-c4cccs4)on3)nn2)nc1. The molecule has 4 aromatic rings. The van der Waals surface area contributed by atoms with E-state index < -0.39 is 0 Å². The molecule has 0 saturated carbocycles. The van der Waals surface area contributed by atoms with Crippen LogP contribution in [0.15, 0.2) is 58.6 Å². The standard InChI is InChI=1S/C20H19N7O2S/c1-13-4-5-17(23-12-13)24-19-7-6-18(25-26-19)21-8-9-22-20(28)14-11-15(29-27-14)16-3-2-10-30-16/h2-7,10-12H,8-9H2,1H3,(H,21,25)(H,22,28)(H,23,24,26). The number of amides is 1. The van der Waals surface area contributed by atoms with Crippen LogP contribution >= 0.6 is 11.3 Å². The van der Waals surface area contributed by atoms with Gasteiger partial charge in [-0.3, -0.25) is 4.79 Å². The van der Waals surface area contributed by atoms with Gasteiger partial charge in [0.05, 0.1) is 4.88 Å². The van der Waals surface area contributed by atoms with Crippen LogP contribution in [0.4, 0.5) is 17.5 Å². The Balaban J connectivity index is 1.21. The average Bonchev–Trinajstić information content (AvgIpc) is 3.46. The second-order valence-electron chi connectivity index (χ2n) is 6.39. The van der Waals surface area contributed by atoms with Crippen LogP contribution in [0, 0.1) is 6.92 Å². The smallest absolute Gasteiger partial charge is 0.273 e. The highest BCUT2D eigenvalue weighted by molar-refractivity contribution is 7.13. The number of aromatic nitrogens is 4. The minimum Gasteiger partial charge on any atom is -0.367 e. The van der Waals surface area contributed by atoms with Gasteiger partial charge in [-0.15, -0.1) is 21.5 Å². The fraction of sp³-hybridized carbons (Fsp3) is 0.150. The van der Waals surface area contributed by atoms with E-state index in [1.54, 1.807) is 24.4 Å². The molecule has 4 aromatic heterocycles. The van der Waals surface area contributed by atoms with E-state index in [2.05, 4.69) is 36.3 Å². The molecule has 0 aliphatic heterocycles. The van der Waals surface area contributed by atoms with E-state index in [0.29, 0.717) is 36.3 Å². The summed E-state index contributed by atoms with van der Waals surface area (Å²) in [6, 6.07) is 12.9. The van der Waals surface area contributed by atoms with Gasteiger partial charge in [-0.2, -0.15) is 0 Å². The van der Waals surface area contributed by atoms with Crippen molar-refractivity contribution in [2.75, 3.05) is 23.7 Å². The van der Waals surface area contributed by atoms with E-state index in [1.807, 2.05) is 36.6 Å². The van der Waals surface area contributed by atoms with Crippen molar-refractivity contribution in [2.24, 2.45) is 0 Å². The minimum absolute atomic E-state index is 0.248. The van der Waals surface area contributed by atoms with Crippen molar-refractivity contribution in [1.82, 2.24) is 25.7 Å². The number of aryl methyl sites for hydroxylation is 1. The first-order valence-corrected chi connectivity index (χ1v) is 10.1. The summed E-state index contributed by atoms with van der Waals surface area (Å²) in [5, 5.41) is 23.0. The zero-order valence-electron chi connectivity index (χ0n) is 16.1. The third-order valence-corrected chi connectivity index (χ3v) is 4.94. The molecule has 0 aliphatic rings. The van der Waals surface area contributed by atoms with Crippen LogP contribution in [0.5, 0.6) is 0 Å². The third kappa shape index (κ3) is 4.97. The van der Waals surface area contributed by atoms with Gasteiger partial charge in [-0.25, -0.2) is 4.98 Å². The number of hydrogen-bond donors (Lipinski definition) is 3. The van der Waals surface area contributed by atoms with Gasteiger partial charge in [-0.05, 0) is 42.1 Å². The Hall–Kier alpha value is -3.79. The predicted molar refractivity (Wildman–Crippen MR) is 115 cm³/mol. The van der Waals surface area contributed by atoms with E-state index >= 15 is 0 Å². The highest BCUT2D eigenvalue weighted by Gasteiger charge is 2.13. The fourth-order valence-electron chi connectivity index (χ4n) is 2.54. The first kappa shape index (κ1) is 19.5. The van der Waals surface area contributed by atoms with Crippen LogP contribution in [0.1, 0.15) is 16.1 Å². The Bertz CT molecular complexity index is 1090. The van der Waals surface area contributed by atoms with Crippen LogP contribution in [-0.4, -0.2) is 39.3 Å². The molecule has 0 bridgehead atoms. The minimum atomic E-state index is -0.292. The van der Waals surface area contributed by atoms with Gasteiger partial charge < -0.3 is 20.5 Å². The maximum Gasteiger partial charge on any atom is 0.273 e. The number of nitrogens with zero attached hydrogens (tertiary/aromatic N) is 4. The molecule has 0 aromatic carbocycles. The molecule has 0 fully saturated rings. The predicted octanol–water partition coefficient (Wildman–Crippen LogP) is 3.48. The molecule has 0 radical (unpaired) electrons. The maximum absolute atomic E-state index is 12.2. The van der Waals surface area contributed by atoms with Crippen molar-refractivity contribution < 1.29 is 9.32 Å². The molecule has 0 spiro atoms. The second kappa shape index (κ2) is 9.14. The van der Waals surface area contributed by atoms with Gasteiger partial charge in [0.25, 0.3) is 5.91 Å². The van der Waals surface area contributed by atoms with Gasteiger partial charge in [0, 0.05) is 25.4 Å². The molecule has 10 heteroatoms. The highest BCUT2D eigenvalue weighted by Crippen LogP contribution is 2.25. The number of hydrogen-bond acceptors (Lipinski definition) is 9. The van der Waals surface area contributed by atoms with Gasteiger partial charge in [0.1, 0.15) is 11.6 Å². The third-order valence-electron chi connectivity index (χ3n) is 4.06. The first-order chi connectivity index (χ1) is 14.7. The molecule has 152 valence electrons. The Kier molecular flexibility index (Phi) is 5.95. The lowest BCUT2D eigenvalue weighted by atomic mass is 10.3. The van der Waals surface area contributed by atoms with Gasteiger partial charge >= 0.3 is 0 Å². The summed E-state index contributed by atoms with van der Waals surface area (Å²) < 4.78 is 5.22. The van der Waals surface area contributed by atoms with Crippen molar-refractivity contribution in [1.29, 1.82) is 0 Å². The molecule has 4 heterocycles. The molecule has 1 amide bonds. The number of rotatable bonds is 8. The van der Waals surface area contributed by atoms with Crippen molar-refractivity contribution in [2.45, 2.75) is 6.92 Å². The molecule has 30 heavy (non-hydrogen) atoms. The fourth-order valence-corrected chi connectivity index (χ4v) is 3.21. The van der Waals surface area contributed by atoms with Gasteiger partial charge in [-0.1, -0.05) is 17.3 Å².